The Morgan fingerprint density at radius 3 is 2.80 bits per heavy atom. The highest BCUT2D eigenvalue weighted by Gasteiger charge is 2.34. The Labute approximate surface area is 97.0 Å². The molecular formula is C10H14BrN3O. The third-order valence-corrected chi connectivity index (χ3v) is 3.41. The van der Waals surface area contributed by atoms with Crippen molar-refractivity contribution in [3.05, 3.63) is 16.9 Å². The molecule has 0 aliphatic heterocycles. The van der Waals surface area contributed by atoms with Gasteiger partial charge in [0.1, 0.15) is 0 Å². The van der Waals surface area contributed by atoms with E-state index < -0.39 is 5.60 Å². The molecule has 1 fully saturated rings. The first-order valence-electron chi connectivity index (χ1n) is 4.96. The zero-order valence-corrected chi connectivity index (χ0v) is 9.92. The SMILES string of the molecule is Nc1cncc(Br)c1NCC1(O)CCC1. The van der Waals surface area contributed by atoms with Crippen molar-refractivity contribution in [3.8, 4) is 0 Å². The summed E-state index contributed by atoms with van der Waals surface area (Å²) in [5, 5.41) is 13.1. The van der Waals surface area contributed by atoms with Crippen molar-refractivity contribution >= 4 is 27.3 Å². The second-order valence-corrected chi connectivity index (χ2v) is 4.87. The van der Waals surface area contributed by atoms with Gasteiger partial charge in [-0.15, -0.1) is 0 Å². The molecule has 0 radical (unpaired) electrons. The second kappa shape index (κ2) is 3.98. The first-order chi connectivity index (χ1) is 7.11. The number of halogens is 1. The number of aromatic nitrogens is 1. The molecule has 0 bridgehead atoms. The van der Waals surface area contributed by atoms with Crippen molar-refractivity contribution < 1.29 is 5.11 Å². The van der Waals surface area contributed by atoms with Gasteiger partial charge in [-0.3, -0.25) is 4.98 Å². The lowest BCUT2D eigenvalue weighted by Crippen LogP contribution is -2.43. The number of rotatable bonds is 3. The first-order valence-corrected chi connectivity index (χ1v) is 5.75. The standard InChI is InChI=1S/C10H14BrN3O/c11-7-4-13-5-8(12)9(7)14-6-10(15)2-1-3-10/h4-5,15H,1-3,6,12H2,(H,13,14). The minimum atomic E-state index is -0.546. The summed E-state index contributed by atoms with van der Waals surface area (Å²) in [6, 6.07) is 0. The molecule has 82 valence electrons. The van der Waals surface area contributed by atoms with Crippen LogP contribution in [0, 0.1) is 0 Å². The van der Waals surface area contributed by atoms with E-state index >= 15 is 0 Å². The number of hydrogen-bond donors (Lipinski definition) is 3. The number of nitrogens with two attached hydrogens (primary N) is 1. The Hall–Kier alpha value is -0.810. The van der Waals surface area contributed by atoms with Gasteiger partial charge < -0.3 is 16.2 Å². The Morgan fingerprint density at radius 1 is 1.53 bits per heavy atom. The maximum Gasteiger partial charge on any atom is 0.0819 e. The van der Waals surface area contributed by atoms with Gasteiger partial charge in [0.2, 0.25) is 0 Å². The number of anilines is 2. The van der Waals surface area contributed by atoms with Crippen LogP contribution in [-0.4, -0.2) is 22.2 Å². The van der Waals surface area contributed by atoms with Crippen LogP contribution in [0.4, 0.5) is 11.4 Å². The smallest absolute Gasteiger partial charge is 0.0819 e. The average molecular weight is 272 g/mol. The normalized spacial score (nSPS) is 18.3. The maximum absolute atomic E-state index is 9.92. The molecule has 1 aliphatic rings. The molecule has 1 aliphatic carbocycles. The van der Waals surface area contributed by atoms with E-state index in [1.165, 1.54) is 0 Å². The summed E-state index contributed by atoms with van der Waals surface area (Å²) in [7, 11) is 0. The number of nitrogens with one attached hydrogen (secondary N) is 1. The molecule has 0 amide bonds. The number of pyridine rings is 1. The van der Waals surface area contributed by atoms with Crippen LogP contribution in [0.3, 0.4) is 0 Å². The molecule has 0 saturated heterocycles. The molecule has 1 aromatic heterocycles. The molecule has 0 unspecified atom stereocenters. The molecule has 2 rings (SSSR count). The van der Waals surface area contributed by atoms with Gasteiger partial charge >= 0.3 is 0 Å². The fraction of sp³-hybridized carbons (Fsp3) is 0.500. The molecular weight excluding hydrogens is 258 g/mol. The monoisotopic (exact) mass is 271 g/mol. The zero-order valence-electron chi connectivity index (χ0n) is 8.33. The van der Waals surface area contributed by atoms with E-state index in [1.807, 2.05) is 0 Å². The van der Waals surface area contributed by atoms with Gasteiger partial charge in [-0.05, 0) is 35.2 Å². The minimum Gasteiger partial charge on any atom is -0.396 e. The topological polar surface area (TPSA) is 71.2 Å². The Kier molecular flexibility index (Phi) is 2.84. The third kappa shape index (κ3) is 2.23. The summed E-state index contributed by atoms with van der Waals surface area (Å²) in [6.45, 7) is 0.541. The van der Waals surface area contributed by atoms with E-state index in [0.717, 1.165) is 29.4 Å². The lowest BCUT2D eigenvalue weighted by Gasteiger charge is -2.37. The quantitative estimate of drug-likeness (QED) is 0.784. The molecule has 1 saturated carbocycles. The molecule has 1 aromatic rings. The molecule has 0 spiro atoms. The Balaban J connectivity index is 2.04. The van der Waals surface area contributed by atoms with Gasteiger partial charge in [0.15, 0.2) is 0 Å². The lowest BCUT2D eigenvalue weighted by atomic mass is 9.80. The lowest BCUT2D eigenvalue weighted by molar-refractivity contribution is -0.0201. The molecule has 0 aromatic carbocycles. The summed E-state index contributed by atoms with van der Waals surface area (Å²) in [6.07, 6.45) is 6.11. The second-order valence-electron chi connectivity index (χ2n) is 4.02. The molecule has 4 N–H and O–H groups in total. The van der Waals surface area contributed by atoms with Crippen LogP contribution >= 0.6 is 15.9 Å². The summed E-state index contributed by atoms with van der Waals surface area (Å²) >= 11 is 3.37. The van der Waals surface area contributed by atoms with Crippen LogP contribution in [0.5, 0.6) is 0 Å². The van der Waals surface area contributed by atoms with Crippen molar-refractivity contribution in [1.29, 1.82) is 0 Å². The highest BCUT2D eigenvalue weighted by atomic mass is 79.9. The molecule has 0 atom stereocenters. The van der Waals surface area contributed by atoms with Crippen LogP contribution in [-0.2, 0) is 0 Å². The number of nitrogens with zero attached hydrogens (tertiary/aromatic N) is 1. The van der Waals surface area contributed by atoms with Gasteiger partial charge in [-0.25, -0.2) is 0 Å². The van der Waals surface area contributed by atoms with Crippen LogP contribution in [0.2, 0.25) is 0 Å². The fourth-order valence-corrected chi connectivity index (χ4v) is 2.14. The molecule has 5 heteroatoms. The van der Waals surface area contributed by atoms with E-state index in [-0.39, 0.29) is 0 Å². The summed E-state index contributed by atoms with van der Waals surface area (Å²) in [5.74, 6) is 0. The van der Waals surface area contributed by atoms with Crippen molar-refractivity contribution in [2.45, 2.75) is 24.9 Å². The maximum atomic E-state index is 9.92. The van der Waals surface area contributed by atoms with Gasteiger partial charge in [0.25, 0.3) is 0 Å². The fourth-order valence-electron chi connectivity index (χ4n) is 1.65. The van der Waals surface area contributed by atoms with Crippen molar-refractivity contribution in [2.24, 2.45) is 0 Å². The predicted octanol–water partition coefficient (Wildman–Crippen LogP) is 1.75. The summed E-state index contributed by atoms with van der Waals surface area (Å²) in [4.78, 5) is 3.95. The van der Waals surface area contributed by atoms with Crippen molar-refractivity contribution in [1.82, 2.24) is 4.98 Å². The van der Waals surface area contributed by atoms with Crippen LogP contribution in [0.15, 0.2) is 16.9 Å². The van der Waals surface area contributed by atoms with Gasteiger partial charge in [-0.1, -0.05) is 0 Å². The molecule has 1 heterocycles. The Morgan fingerprint density at radius 2 is 2.27 bits per heavy atom. The van der Waals surface area contributed by atoms with Crippen molar-refractivity contribution in [3.63, 3.8) is 0 Å². The summed E-state index contributed by atoms with van der Waals surface area (Å²) < 4.78 is 0.824. The first kappa shape index (κ1) is 10.7. The third-order valence-electron chi connectivity index (χ3n) is 2.81. The van der Waals surface area contributed by atoms with E-state index in [0.29, 0.717) is 12.2 Å². The van der Waals surface area contributed by atoms with Gasteiger partial charge in [0.05, 0.1) is 27.6 Å². The van der Waals surface area contributed by atoms with E-state index in [9.17, 15) is 5.11 Å². The van der Waals surface area contributed by atoms with E-state index in [2.05, 4.69) is 26.2 Å². The summed E-state index contributed by atoms with van der Waals surface area (Å²) in [5.41, 5.74) is 6.63. The Bertz CT molecular complexity index is 345. The number of aliphatic hydroxyl groups is 1. The van der Waals surface area contributed by atoms with Crippen LogP contribution < -0.4 is 11.1 Å². The minimum absolute atomic E-state index is 0.541. The van der Waals surface area contributed by atoms with Crippen LogP contribution in [0.1, 0.15) is 19.3 Å². The molecule has 4 nitrogen and oxygen atoms in total. The van der Waals surface area contributed by atoms with Crippen molar-refractivity contribution in [2.75, 3.05) is 17.6 Å². The van der Waals surface area contributed by atoms with E-state index in [4.69, 9.17) is 5.73 Å². The molecule has 15 heavy (non-hydrogen) atoms. The highest BCUT2D eigenvalue weighted by molar-refractivity contribution is 9.10. The average Bonchev–Trinajstić information content (AvgIpc) is 2.14. The van der Waals surface area contributed by atoms with Crippen LogP contribution in [0.25, 0.3) is 0 Å². The zero-order chi connectivity index (χ0) is 10.9. The number of nitrogen functional groups attached to an aromatic ring is 1. The number of hydrogen-bond acceptors (Lipinski definition) is 4. The van der Waals surface area contributed by atoms with Gasteiger partial charge in [0, 0.05) is 12.7 Å². The van der Waals surface area contributed by atoms with E-state index in [1.54, 1.807) is 12.4 Å². The van der Waals surface area contributed by atoms with Gasteiger partial charge in [-0.2, -0.15) is 0 Å². The predicted molar refractivity (Wildman–Crippen MR) is 63.6 cm³/mol. The highest BCUT2D eigenvalue weighted by Crippen LogP contribution is 2.33. The largest absolute Gasteiger partial charge is 0.396 e.